The van der Waals surface area contributed by atoms with Crippen LogP contribution in [0.2, 0.25) is 0 Å². The van der Waals surface area contributed by atoms with E-state index < -0.39 is 0 Å². The summed E-state index contributed by atoms with van der Waals surface area (Å²) in [5.74, 6) is 0.786. The van der Waals surface area contributed by atoms with Crippen LogP contribution >= 0.6 is 11.9 Å². The molecule has 3 nitrogen and oxygen atoms in total. The van der Waals surface area contributed by atoms with Gasteiger partial charge in [-0.05, 0) is 68.7 Å². The van der Waals surface area contributed by atoms with Crippen LogP contribution in [-0.2, 0) is 4.84 Å². The van der Waals surface area contributed by atoms with E-state index >= 15 is 0 Å². The van der Waals surface area contributed by atoms with Crippen molar-refractivity contribution in [2.24, 2.45) is 5.16 Å². The Bertz CT molecular complexity index is 530. The summed E-state index contributed by atoms with van der Waals surface area (Å²) in [6.07, 6.45) is 16.5. The summed E-state index contributed by atoms with van der Waals surface area (Å²) in [5, 5.41) is 4.18. The zero-order valence-corrected chi connectivity index (χ0v) is 16.6. The number of allylic oxidation sites excluding steroid dienone is 7. The Balaban J connectivity index is 2.80. The van der Waals surface area contributed by atoms with E-state index in [0.717, 1.165) is 37.9 Å². The summed E-state index contributed by atoms with van der Waals surface area (Å²) >= 11 is 1.60. The van der Waals surface area contributed by atoms with Gasteiger partial charge in [0.25, 0.3) is 0 Å². The molecule has 0 aromatic carbocycles. The van der Waals surface area contributed by atoms with Gasteiger partial charge in [-0.15, -0.1) is 0 Å². The van der Waals surface area contributed by atoms with Gasteiger partial charge in [0, 0.05) is 4.91 Å². The van der Waals surface area contributed by atoms with E-state index in [0.29, 0.717) is 0 Å². The molecule has 4 heteroatoms. The molecule has 0 amide bonds. The van der Waals surface area contributed by atoms with Crippen molar-refractivity contribution < 1.29 is 4.84 Å². The van der Waals surface area contributed by atoms with Crippen LogP contribution in [0.25, 0.3) is 0 Å². The van der Waals surface area contributed by atoms with Crippen molar-refractivity contribution in [3.8, 4) is 0 Å². The summed E-state index contributed by atoms with van der Waals surface area (Å²) in [5.41, 5.74) is 2.70. The minimum atomic E-state index is 0.159. The lowest BCUT2D eigenvalue weighted by molar-refractivity contribution is 0.0653. The number of nitrogens with one attached hydrogen (secondary N) is 1. The van der Waals surface area contributed by atoms with Crippen LogP contribution in [0.5, 0.6) is 0 Å². The molecule has 0 heterocycles. The van der Waals surface area contributed by atoms with E-state index in [-0.39, 0.29) is 6.10 Å². The molecule has 24 heavy (non-hydrogen) atoms. The second-order valence-corrected chi connectivity index (χ2v) is 6.74. The van der Waals surface area contributed by atoms with Gasteiger partial charge >= 0.3 is 0 Å². The van der Waals surface area contributed by atoms with Gasteiger partial charge in [-0.25, -0.2) is 0 Å². The highest BCUT2D eigenvalue weighted by Crippen LogP contribution is 2.29. The molecule has 1 unspecified atom stereocenters. The Hall–Kier alpha value is -1.42. The van der Waals surface area contributed by atoms with E-state index in [1.54, 1.807) is 11.9 Å². The van der Waals surface area contributed by atoms with Crippen LogP contribution in [0.1, 0.15) is 66.7 Å². The average molecular weight is 349 g/mol. The molecular formula is C20H32N2OS. The number of hydrogen-bond acceptors (Lipinski definition) is 3. The first-order chi connectivity index (χ1) is 11.6. The largest absolute Gasteiger partial charge is 0.391 e. The lowest BCUT2D eigenvalue weighted by atomic mass is 10.0. The van der Waals surface area contributed by atoms with Crippen LogP contribution < -0.4 is 4.72 Å². The Labute approximate surface area is 152 Å². The van der Waals surface area contributed by atoms with Crippen molar-refractivity contribution in [1.82, 2.24) is 4.72 Å². The normalized spacial score (nSPS) is 17.0. The van der Waals surface area contributed by atoms with E-state index in [4.69, 9.17) is 4.84 Å². The monoisotopic (exact) mass is 348 g/mol. The topological polar surface area (TPSA) is 33.6 Å². The Morgan fingerprint density at radius 3 is 2.75 bits per heavy atom. The fourth-order valence-corrected chi connectivity index (χ4v) is 3.20. The van der Waals surface area contributed by atoms with E-state index in [1.165, 1.54) is 16.1 Å². The standard InChI is InChI=1S/C20H32N2OS/c1-6-12-16(4)23-21-17(5)22-24-20-15-11-9-10-14-19(20)18(8-3)13-7-2/h10-11,13-16H,6-9,12H2,1-5H3,(H,21,22)/b18-13+. The van der Waals surface area contributed by atoms with Crippen LogP contribution in [0.15, 0.2) is 51.6 Å². The predicted molar refractivity (Wildman–Crippen MR) is 108 cm³/mol. The van der Waals surface area contributed by atoms with Crippen molar-refractivity contribution in [2.75, 3.05) is 0 Å². The molecule has 0 fully saturated rings. The molecular weight excluding hydrogens is 316 g/mol. The van der Waals surface area contributed by atoms with Gasteiger partial charge in [-0.1, -0.05) is 56.7 Å². The summed E-state index contributed by atoms with van der Waals surface area (Å²) in [6.45, 7) is 10.5. The molecule has 0 spiro atoms. The highest BCUT2D eigenvalue weighted by Gasteiger charge is 2.09. The third kappa shape index (κ3) is 7.43. The summed E-state index contributed by atoms with van der Waals surface area (Å²) in [6, 6.07) is 0. The van der Waals surface area contributed by atoms with E-state index in [1.807, 2.05) is 6.92 Å². The number of oxime groups is 1. The highest BCUT2D eigenvalue weighted by molar-refractivity contribution is 8.02. The molecule has 0 aliphatic heterocycles. The maximum atomic E-state index is 5.50. The maximum Gasteiger partial charge on any atom is 0.148 e. The number of amidine groups is 1. The second-order valence-electron chi connectivity index (χ2n) is 5.90. The molecule has 1 atom stereocenters. The molecule has 0 saturated carbocycles. The number of hydrogen-bond donors (Lipinski definition) is 1. The van der Waals surface area contributed by atoms with Crippen LogP contribution in [0.4, 0.5) is 0 Å². The van der Waals surface area contributed by atoms with Crippen LogP contribution in [-0.4, -0.2) is 11.9 Å². The zero-order chi connectivity index (χ0) is 17.8. The van der Waals surface area contributed by atoms with Crippen LogP contribution in [0, 0.1) is 0 Å². The minimum absolute atomic E-state index is 0.159. The molecule has 0 bridgehead atoms. The minimum Gasteiger partial charge on any atom is -0.391 e. The molecule has 1 rings (SSSR count). The van der Waals surface area contributed by atoms with Crippen molar-refractivity contribution in [3.05, 3.63) is 46.4 Å². The van der Waals surface area contributed by atoms with Crippen molar-refractivity contribution in [2.45, 2.75) is 72.8 Å². The summed E-state index contributed by atoms with van der Waals surface area (Å²) in [4.78, 5) is 6.72. The van der Waals surface area contributed by atoms with Gasteiger partial charge in [0.1, 0.15) is 11.9 Å². The smallest absolute Gasteiger partial charge is 0.148 e. The number of rotatable bonds is 9. The van der Waals surface area contributed by atoms with Crippen molar-refractivity contribution in [1.29, 1.82) is 0 Å². The second kappa shape index (κ2) is 12.0. The van der Waals surface area contributed by atoms with Gasteiger partial charge in [-0.2, -0.15) is 0 Å². The fraction of sp³-hybridized carbons (Fsp3) is 0.550. The van der Waals surface area contributed by atoms with Gasteiger partial charge in [0.2, 0.25) is 0 Å². The first kappa shape index (κ1) is 20.6. The molecule has 1 aliphatic carbocycles. The predicted octanol–water partition coefficient (Wildman–Crippen LogP) is 6.28. The first-order valence-corrected chi connectivity index (χ1v) is 9.83. The zero-order valence-electron chi connectivity index (χ0n) is 15.8. The molecule has 1 N–H and O–H groups in total. The van der Waals surface area contributed by atoms with Crippen LogP contribution in [0.3, 0.4) is 0 Å². The summed E-state index contributed by atoms with van der Waals surface area (Å²) in [7, 11) is 0. The molecule has 0 aromatic rings. The Morgan fingerprint density at radius 1 is 1.33 bits per heavy atom. The average Bonchev–Trinajstić information content (AvgIpc) is 2.81. The van der Waals surface area contributed by atoms with Gasteiger partial charge < -0.3 is 9.56 Å². The Kier molecular flexibility index (Phi) is 10.3. The van der Waals surface area contributed by atoms with E-state index in [9.17, 15) is 0 Å². The third-order valence-electron chi connectivity index (χ3n) is 3.64. The third-order valence-corrected chi connectivity index (χ3v) is 4.62. The SMILES string of the molecule is CC/C=C(\CC)C1=C(SN/C(C)=N/OC(C)CCC)C=CCC=C1. The highest BCUT2D eigenvalue weighted by atomic mass is 32.2. The lowest BCUT2D eigenvalue weighted by Crippen LogP contribution is -2.14. The summed E-state index contributed by atoms with van der Waals surface area (Å²) < 4.78 is 3.30. The molecule has 134 valence electrons. The van der Waals surface area contributed by atoms with Crippen molar-refractivity contribution in [3.63, 3.8) is 0 Å². The molecule has 0 radical (unpaired) electrons. The van der Waals surface area contributed by atoms with Crippen molar-refractivity contribution >= 4 is 17.8 Å². The fourth-order valence-electron chi connectivity index (χ4n) is 2.43. The maximum absolute atomic E-state index is 5.50. The molecule has 0 saturated heterocycles. The first-order valence-electron chi connectivity index (χ1n) is 9.02. The van der Waals surface area contributed by atoms with E-state index in [2.05, 4.69) is 68.0 Å². The molecule has 1 aliphatic rings. The Morgan fingerprint density at radius 2 is 2.08 bits per heavy atom. The van der Waals surface area contributed by atoms with Gasteiger partial charge in [0.05, 0.1) is 0 Å². The quantitative estimate of drug-likeness (QED) is 0.230. The molecule has 0 aromatic heterocycles. The van der Waals surface area contributed by atoms with Gasteiger partial charge in [0.15, 0.2) is 0 Å². The van der Waals surface area contributed by atoms with Gasteiger partial charge in [-0.3, -0.25) is 0 Å². The lowest BCUT2D eigenvalue weighted by Gasteiger charge is -2.13. The number of nitrogens with zero attached hydrogens (tertiary/aromatic N) is 1.